The van der Waals surface area contributed by atoms with Crippen LogP contribution in [0.15, 0.2) is 83.7 Å². The van der Waals surface area contributed by atoms with Crippen LogP contribution in [-0.2, 0) is 26.5 Å². The molecule has 2 aromatic carbocycles. The number of hydrogen-bond acceptors (Lipinski definition) is 4. The number of pyridine rings is 3. The average Bonchev–Trinajstić information content (AvgIpc) is 3.43. The molecule has 1 saturated carbocycles. The fourth-order valence-corrected chi connectivity index (χ4v) is 8.37. The Morgan fingerprint density at radius 2 is 1.60 bits per heavy atom. The monoisotopic (exact) mass is 830 g/mol. The summed E-state index contributed by atoms with van der Waals surface area (Å²) < 4.78 is 5.90. The zero-order valence-corrected chi connectivity index (χ0v) is 32.8. The third-order valence-electron chi connectivity index (χ3n) is 9.08. The van der Waals surface area contributed by atoms with Crippen LogP contribution in [-0.4, -0.2) is 23.0 Å². The van der Waals surface area contributed by atoms with Gasteiger partial charge in [0.05, 0.1) is 13.7 Å². The first-order chi connectivity index (χ1) is 22.5. The fraction of sp³-hybridized carbons (Fsp3) is 0.357. The van der Waals surface area contributed by atoms with E-state index in [0.717, 1.165) is 56.8 Å². The second-order valence-corrected chi connectivity index (χ2v) is 20.4. The van der Waals surface area contributed by atoms with Gasteiger partial charge >= 0.3 is 0 Å². The molecule has 0 spiro atoms. The minimum atomic E-state index is -1.41. The summed E-state index contributed by atoms with van der Waals surface area (Å²) in [6.07, 6.45) is 13.6. The number of benzene rings is 2. The Morgan fingerprint density at radius 3 is 2.33 bits per heavy atom. The van der Waals surface area contributed by atoms with Crippen molar-refractivity contribution in [3.63, 3.8) is 0 Å². The van der Waals surface area contributed by atoms with E-state index in [9.17, 15) is 0 Å². The van der Waals surface area contributed by atoms with Gasteiger partial charge in [-0.1, -0.05) is 93.9 Å². The van der Waals surface area contributed by atoms with Crippen molar-refractivity contribution in [1.29, 1.82) is 0 Å². The zero-order chi connectivity index (χ0) is 33.2. The van der Waals surface area contributed by atoms with Crippen LogP contribution in [0.5, 0.6) is 0 Å². The number of aryl methyl sites for hydroxylation is 1. The predicted molar refractivity (Wildman–Crippen MR) is 199 cm³/mol. The summed E-state index contributed by atoms with van der Waals surface area (Å²) in [6, 6.07) is 27.6. The van der Waals surface area contributed by atoms with Crippen LogP contribution < -0.4 is 5.19 Å². The number of nitrogens with zero attached hydrogens (tertiary/aromatic N) is 3. The molecule has 0 aliphatic heterocycles. The molecule has 1 aliphatic rings. The van der Waals surface area contributed by atoms with E-state index in [0.29, 0.717) is 5.71 Å². The maximum absolute atomic E-state index is 5.90. The largest absolute Gasteiger partial charge is 0.486 e. The van der Waals surface area contributed by atoms with E-state index in [1.807, 2.05) is 43.3 Å². The quantitative estimate of drug-likeness (QED) is 0.128. The van der Waals surface area contributed by atoms with Crippen molar-refractivity contribution in [2.45, 2.75) is 91.8 Å². The summed E-state index contributed by atoms with van der Waals surface area (Å²) >= 11 is 0. The van der Waals surface area contributed by atoms with Gasteiger partial charge in [-0.2, -0.15) is 0 Å². The number of aromatic nitrogens is 3. The van der Waals surface area contributed by atoms with E-state index in [-0.39, 0.29) is 25.5 Å². The third-order valence-corrected chi connectivity index (χ3v) is 11.1. The molecule has 4 aromatic heterocycles. The molecule has 4 nitrogen and oxygen atoms in total. The maximum atomic E-state index is 5.90. The molecule has 0 bridgehead atoms. The van der Waals surface area contributed by atoms with Crippen LogP contribution in [0.3, 0.4) is 0 Å². The van der Waals surface area contributed by atoms with Gasteiger partial charge in [-0.3, -0.25) is 0 Å². The molecule has 0 unspecified atom stereocenters. The second kappa shape index (κ2) is 15.0. The molecule has 0 N–H and O–H groups in total. The van der Waals surface area contributed by atoms with Crippen LogP contribution in [0.4, 0.5) is 0 Å². The molecular weight excluding hydrogens is 783 g/mol. The maximum Gasteiger partial charge on any atom is 0.216 e. The Bertz CT molecular complexity index is 2000. The molecule has 6 aromatic rings. The molecular formula is C42H47IrN3OSi-2. The SMILES string of the molecule is CC(C)(C)Cc1cc(-c2[c-]ccc(C3CCCCC3)c2)ncc1[Si](C)(C)C.Cc1ccnc(-c2[c-]ccc3c2oc2ncccc23)c1.[Ir]. The number of furan rings is 1. The standard InChI is InChI=1S/C25H36NSi.C17H11N2O.Ir/c1-25(2,3)17-22-16-23(26-18-24(22)27(4,5)6)21-14-10-13-20(15-21)19-11-8-7-9-12-19;1-11-7-9-18-15(10-11)14-5-2-4-12-13-6-3-8-19-17(13)20-16(12)14;/h10,13,15-16,18-19H,7-9,11-12,17H2,1-6H3;2-4,6-10H,1H3;/q2*-1;. The Hall–Kier alpha value is -3.44. The zero-order valence-electron chi connectivity index (χ0n) is 29.4. The van der Waals surface area contributed by atoms with Gasteiger partial charge in [0.25, 0.3) is 0 Å². The van der Waals surface area contributed by atoms with E-state index >= 15 is 0 Å². The van der Waals surface area contributed by atoms with Gasteiger partial charge in [-0.15, -0.1) is 53.6 Å². The predicted octanol–water partition coefficient (Wildman–Crippen LogP) is 10.9. The summed E-state index contributed by atoms with van der Waals surface area (Å²) in [4.78, 5) is 13.6. The molecule has 0 amide bonds. The van der Waals surface area contributed by atoms with Crippen LogP contribution in [0.2, 0.25) is 19.6 Å². The van der Waals surface area contributed by atoms with Gasteiger partial charge in [-0.05, 0) is 72.3 Å². The topological polar surface area (TPSA) is 51.8 Å². The van der Waals surface area contributed by atoms with Gasteiger partial charge in [0.2, 0.25) is 5.71 Å². The molecule has 1 aliphatic carbocycles. The normalized spacial score (nSPS) is 14.0. The van der Waals surface area contributed by atoms with Crippen LogP contribution in [0.1, 0.15) is 75.5 Å². The minimum absolute atomic E-state index is 0. The third kappa shape index (κ3) is 8.40. The molecule has 48 heavy (non-hydrogen) atoms. The second-order valence-electron chi connectivity index (χ2n) is 15.4. The van der Waals surface area contributed by atoms with Crippen molar-refractivity contribution in [3.8, 4) is 22.5 Å². The Labute approximate surface area is 301 Å². The van der Waals surface area contributed by atoms with Crippen LogP contribution in [0.25, 0.3) is 44.6 Å². The number of fused-ring (bicyclic) bond motifs is 3. The van der Waals surface area contributed by atoms with Gasteiger partial charge in [0, 0.05) is 44.1 Å². The van der Waals surface area contributed by atoms with Crippen molar-refractivity contribution < 1.29 is 24.5 Å². The summed E-state index contributed by atoms with van der Waals surface area (Å²) in [5, 5.41) is 3.57. The summed E-state index contributed by atoms with van der Waals surface area (Å²) in [7, 11) is -1.41. The average molecular weight is 830 g/mol. The number of hydrogen-bond donors (Lipinski definition) is 0. The van der Waals surface area contributed by atoms with E-state index in [4.69, 9.17) is 9.40 Å². The molecule has 0 saturated heterocycles. The smallest absolute Gasteiger partial charge is 0.216 e. The molecule has 251 valence electrons. The molecule has 6 heteroatoms. The van der Waals surface area contributed by atoms with E-state index in [2.05, 4.69) is 93.0 Å². The van der Waals surface area contributed by atoms with Crippen molar-refractivity contribution in [3.05, 3.63) is 108 Å². The molecule has 4 heterocycles. The first kappa shape index (κ1) is 35.9. The molecule has 0 atom stereocenters. The van der Waals surface area contributed by atoms with E-state index in [1.54, 1.807) is 12.4 Å². The molecule has 1 radical (unpaired) electrons. The summed E-state index contributed by atoms with van der Waals surface area (Å²) in [5.74, 6) is 0.724. The van der Waals surface area contributed by atoms with E-state index < -0.39 is 8.07 Å². The van der Waals surface area contributed by atoms with E-state index in [1.165, 1.54) is 48.4 Å². The van der Waals surface area contributed by atoms with Gasteiger partial charge in [0.1, 0.15) is 0 Å². The fourth-order valence-electron chi connectivity index (χ4n) is 6.80. The van der Waals surface area contributed by atoms with Gasteiger partial charge in [-0.25, -0.2) is 4.98 Å². The van der Waals surface area contributed by atoms with Crippen molar-refractivity contribution in [2.24, 2.45) is 5.41 Å². The van der Waals surface area contributed by atoms with Crippen molar-refractivity contribution >= 4 is 35.3 Å². The van der Waals surface area contributed by atoms with Gasteiger partial charge in [0.15, 0.2) is 0 Å². The first-order valence-electron chi connectivity index (χ1n) is 17.1. The van der Waals surface area contributed by atoms with Crippen molar-refractivity contribution in [2.75, 3.05) is 0 Å². The Balaban J connectivity index is 0.000000191. The molecule has 7 rings (SSSR count). The first-order valence-corrected chi connectivity index (χ1v) is 20.6. The number of rotatable bonds is 5. The van der Waals surface area contributed by atoms with Crippen LogP contribution in [0, 0.1) is 24.5 Å². The Kier molecular flexibility index (Phi) is 11.2. The summed E-state index contributed by atoms with van der Waals surface area (Å²) in [6.45, 7) is 16.3. The van der Waals surface area contributed by atoms with Crippen LogP contribution >= 0.6 is 0 Å². The minimum Gasteiger partial charge on any atom is -0.486 e. The van der Waals surface area contributed by atoms with Gasteiger partial charge < -0.3 is 14.4 Å². The van der Waals surface area contributed by atoms with Crippen molar-refractivity contribution in [1.82, 2.24) is 15.0 Å². The Morgan fingerprint density at radius 1 is 0.833 bits per heavy atom. The molecule has 1 fully saturated rings. The summed E-state index contributed by atoms with van der Waals surface area (Å²) in [5.41, 5.74) is 9.86.